The Hall–Kier alpha value is -1.33. The van der Waals surface area contributed by atoms with Gasteiger partial charge in [0.05, 0.1) is 27.2 Å². The number of quaternary nitrogens is 1. The highest BCUT2D eigenvalue weighted by Crippen LogP contribution is 2.10. The van der Waals surface area contributed by atoms with Gasteiger partial charge in [-0.05, 0) is 31.3 Å². The molecular formula is C15H26N3OS+. The van der Waals surface area contributed by atoms with Crippen LogP contribution in [0.1, 0.15) is 12.0 Å². The van der Waals surface area contributed by atoms with E-state index in [1.165, 1.54) is 10.5 Å². The smallest absolute Gasteiger partial charge is 0.166 e. The summed E-state index contributed by atoms with van der Waals surface area (Å²) in [5.74, 6) is 0.894. The summed E-state index contributed by atoms with van der Waals surface area (Å²) >= 11 is 5.20. The van der Waals surface area contributed by atoms with Crippen molar-refractivity contribution in [3.8, 4) is 5.75 Å². The molecular weight excluding hydrogens is 270 g/mol. The highest BCUT2D eigenvalue weighted by atomic mass is 32.1. The fourth-order valence-electron chi connectivity index (χ4n) is 1.67. The van der Waals surface area contributed by atoms with Crippen molar-refractivity contribution in [3.05, 3.63) is 29.8 Å². The summed E-state index contributed by atoms with van der Waals surface area (Å²) in [6, 6.07) is 8.05. The monoisotopic (exact) mass is 296 g/mol. The molecule has 0 atom stereocenters. The summed E-state index contributed by atoms with van der Waals surface area (Å²) in [5.41, 5.74) is 1.24. The molecule has 0 aromatic heterocycles. The number of hydrogen-bond donors (Lipinski definition) is 3. The van der Waals surface area contributed by atoms with E-state index >= 15 is 0 Å². The predicted molar refractivity (Wildman–Crippen MR) is 87.6 cm³/mol. The Bertz CT molecular complexity index is 393. The highest BCUT2D eigenvalue weighted by molar-refractivity contribution is 7.80. The van der Waals surface area contributed by atoms with Crippen molar-refractivity contribution in [2.45, 2.75) is 13.3 Å². The van der Waals surface area contributed by atoms with E-state index in [1.54, 1.807) is 0 Å². The van der Waals surface area contributed by atoms with Gasteiger partial charge in [0.2, 0.25) is 0 Å². The van der Waals surface area contributed by atoms with E-state index in [4.69, 9.17) is 17.0 Å². The number of thiocarbonyl (C=S) groups is 1. The molecule has 0 amide bonds. The van der Waals surface area contributed by atoms with Crippen LogP contribution in [0.15, 0.2) is 24.3 Å². The molecule has 112 valence electrons. The van der Waals surface area contributed by atoms with Crippen LogP contribution in [0, 0.1) is 6.92 Å². The zero-order chi connectivity index (χ0) is 14.8. The van der Waals surface area contributed by atoms with Gasteiger partial charge >= 0.3 is 0 Å². The molecule has 0 aliphatic carbocycles. The molecule has 0 saturated carbocycles. The second-order valence-electron chi connectivity index (χ2n) is 5.15. The molecule has 4 nitrogen and oxygen atoms in total. The molecule has 0 radical (unpaired) electrons. The topological polar surface area (TPSA) is 37.7 Å². The Morgan fingerprint density at radius 3 is 2.45 bits per heavy atom. The minimum Gasteiger partial charge on any atom is -0.492 e. The fraction of sp³-hybridized carbons (Fsp3) is 0.533. The highest BCUT2D eigenvalue weighted by Gasteiger charge is 1.97. The first-order valence-corrected chi connectivity index (χ1v) is 7.49. The number of nitrogens with one attached hydrogen (secondary N) is 3. The maximum atomic E-state index is 5.62. The van der Waals surface area contributed by atoms with E-state index in [0.29, 0.717) is 18.3 Å². The molecule has 0 saturated heterocycles. The molecule has 0 fully saturated rings. The molecule has 0 aliphatic rings. The Balaban J connectivity index is 2.03. The van der Waals surface area contributed by atoms with E-state index in [9.17, 15) is 0 Å². The van der Waals surface area contributed by atoms with Crippen LogP contribution in [0.4, 0.5) is 0 Å². The van der Waals surface area contributed by atoms with E-state index in [1.807, 2.05) is 24.3 Å². The van der Waals surface area contributed by atoms with Crippen molar-refractivity contribution in [3.63, 3.8) is 0 Å². The van der Waals surface area contributed by atoms with E-state index in [-0.39, 0.29) is 0 Å². The number of hydrogen-bond acceptors (Lipinski definition) is 2. The van der Waals surface area contributed by atoms with Gasteiger partial charge in [-0.3, -0.25) is 0 Å². The number of ether oxygens (including phenoxy) is 1. The lowest BCUT2D eigenvalue weighted by Crippen LogP contribution is -3.05. The van der Waals surface area contributed by atoms with Gasteiger partial charge in [-0.2, -0.15) is 0 Å². The summed E-state index contributed by atoms with van der Waals surface area (Å²) in [5, 5.41) is 7.04. The van der Waals surface area contributed by atoms with Gasteiger partial charge in [0, 0.05) is 13.0 Å². The summed E-state index contributed by atoms with van der Waals surface area (Å²) in [7, 11) is 4.30. The zero-order valence-corrected chi connectivity index (χ0v) is 13.5. The lowest BCUT2D eigenvalue weighted by Gasteiger charge is -2.12. The fourth-order valence-corrected chi connectivity index (χ4v) is 1.88. The van der Waals surface area contributed by atoms with Crippen molar-refractivity contribution in [1.82, 2.24) is 10.6 Å². The molecule has 1 aromatic carbocycles. The van der Waals surface area contributed by atoms with Crippen LogP contribution in [0.5, 0.6) is 5.75 Å². The van der Waals surface area contributed by atoms with Crippen LogP contribution in [0.25, 0.3) is 0 Å². The lowest BCUT2D eigenvalue weighted by atomic mass is 10.2. The average Bonchev–Trinajstić information content (AvgIpc) is 2.41. The summed E-state index contributed by atoms with van der Waals surface area (Å²) < 4.78 is 5.62. The Kier molecular flexibility index (Phi) is 7.99. The van der Waals surface area contributed by atoms with E-state index in [2.05, 4.69) is 31.7 Å². The Morgan fingerprint density at radius 2 is 1.80 bits per heavy atom. The minimum absolute atomic E-state index is 0.604. The molecule has 0 heterocycles. The molecule has 20 heavy (non-hydrogen) atoms. The molecule has 0 bridgehead atoms. The van der Waals surface area contributed by atoms with Crippen LogP contribution < -0.4 is 20.3 Å². The Morgan fingerprint density at radius 1 is 1.15 bits per heavy atom. The first-order chi connectivity index (χ1) is 9.58. The maximum Gasteiger partial charge on any atom is 0.166 e. The summed E-state index contributed by atoms with van der Waals surface area (Å²) in [4.78, 5) is 1.46. The van der Waals surface area contributed by atoms with Crippen molar-refractivity contribution in [2.75, 3.05) is 40.3 Å². The van der Waals surface area contributed by atoms with Gasteiger partial charge in [-0.15, -0.1) is 0 Å². The van der Waals surface area contributed by atoms with Crippen LogP contribution in [0.3, 0.4) is 0 Å². The molecule has 0 unspecified atom stereocenters. The van der Waals surface area contributed by atoms with Gasteiger partial charge in [0.1, 0.15) is 12.4 Å². The SMILES string of the molecule is Cc1ccc(OCCNC(=S)NCCC[NH+](C)C)cc1. The van der Waals surface area contributed by atoms with Crippen LogP contribution in [-0.2, 0) is 0 Å². The van der Waals surface area contributed by atoms with Crippen LogP contribution in [-0.4, -0.2) is 45.4 Å². The van der Waals surface area contributed by atoms with E-state index < -0.39 is 0 Å². The first kappa shape index (κ1) is 16.7. The normalized spacial score (nSPS) is 10.4. The molecule has 0 aliphatic heterocycles. The maximum absolute atomic E-state index is 5.62. The third-order valence-electron chi connectivity index (χ3n) is 2.82. The molecule has 5 heteroatoms. The number of benzene rings is 1. The molecule has 1 rings (SSSR count). The second-order valence-corrected chi connectivity index (χ2v) is 5.56. The first-order valence-electron chi connectivity index (χ1n) is 7.08. The largest absolute Gasteiger partial charge is 0.492 e. The van der Waals surface area contributed by atoms with Crippen LogP contribution in [0.2, 0.25) is 0 Å². The van der Waals surface area contributed by atoms with Crippen molar-refractivity contribution >= 4 is 17.3 Å². The molecule has 1 aromatic rings. The molecule has 3 N–H and O–H groups in total. The van der Waals surface area contributed by atoms with E-state index in [0.717, 1.165) is 25.3 Å². The van der Waals surface area contributed by atoms with Crippen LogP contribution >= 0.6 is 12.2 Å². The third-order valence-corrected chi connectivity index (χ3v) is 3.11. The zero-order valence-electron chi connectivity index (χ0n) is 12.7. The van der Waals surface area contributed by atoms with Gasteiger partial charge in [0.15, 0.2) is 5.11 Å². The minimum atomic E-state index is 0.604. The van der Waals surface area contributed by atoms with Gasteiger partial charge in [0.25, 0.3) is 0 Å². The summed E-state index contributed by atoms with van der Waals surface area (Å²) in [6.07, 6.45) is 1.12. The number of rotatable bonds is 8. The second kappa shape index (κ2) is 9.55. The van der Waals surface area contributed by atoms with Gasteiger partial charge in [-0.1, -0.05) is 17.7 Å². The van der Waals surface area contributed by atoms with Crippen molar-refractivity contribution < 1.29 is 9.64 Å². The average molecular weight is 296 g/mol. The summed E-state index contributed by atoms with van der Waals surface area (Å²) in [6.45, 7) is 5.43. The Labute approximate surface area is 127 Å². The third kappa shape index (κ3) is 7.96. The van der Waals surface area contributed by atoms with Crippen molar-refractivity contribution in [1.29, 1.82) is 0 Å². The van der Waals surface area contributed by atoms with Gasteiger partial charge in [-0.25, -0.2) is 0 Å². The standard InChI is InChI=1S/C15H25N3OS/c1-13-5-7-14(8-6-13)19-12-10-17-15(20)16-9-4-11-18(2)3/h5-8H,4,9-12H2,1-3H3,(H2,16,17,20)/p+1. The predicted octanol–water partition coefficient (Wildman–Crippen LogP) is 0.373. The molecule has 0 spiro atoms. The van der Waals surface area contributed by atoms with Crippen molar-refractivity contribution in [2.24, 2.45) is 0 Å². The lowest BCUT2D eigenvalue weighted by molar-refractivity contribution is -0.858. The quantitative estimate of drug-likeness (QED) is 0.479. The van der Waals surface area contributed by atoms with Gasteiger partial charge < -0.3 is 20.3 Å². The number of aryl methyl sites for hydroxylation is 1.